The summed E-state index contributed by atoms with van der Waals surface area (Å²) in [6.07, 6.45) is 6.83. The molecule has 0 aromatic rings. The van der Waals surface area contributed by atoms with Crippen molar-refractivity contribution < 1.29 is 0 Å². The zero-order valence-electron chi connectivity index (χ0n) is 6.10. The molecule has 0 aliphatic rings. The molecule has 0 bridgehead atoms. The summed E-state index contributed by atoms with van der Waals surface area (Å²) in [6.45, 7) is 5.84. The Balaban J connectivity index is 2.96. The maximum absolute atomic E-state index is 5.03. The van der Waals surface area contributed by atoms with Gasteiger partial charge < -0.3 is 0 Å². The monoisotopic (exact) mass is 143 g/mol. The van der Waals surface area contributed by atoms with E-state index in [1.54, 1.807) is 0 Å². The normalized spacial score (nSPS) is 13.1. The Bertz CT molecular complexity index is 69.0. The van der Waals surface area contributed by atoms with E-state index in [-0.39, 0.29) is 0 Å². The molecular weight excluding hydrogens is 128 g/mol. The average Bonchev–Trinajstić information content (AvgIpc) is 1.89. The predicted molar refractivity (Wildman–Crippen MR) is 45.7 cm³/mol. The summed E-state index contributed by atoms with van der Waals surface area (Å²) in [6, 6.07) is 0. The molecule has 0 aromatic heterocycles. The Kier molecular flexibility index (Phi) is 6.28. The highest BCUT2D eigenvalue weighted by atomic mass is 32.1. The molecule has 0 nitrogen and oxygen atoms in total. The van der Waals surface area contributed by atoms with Crippen molar-refractivity contribution in [2.75, 3.05) is 0 Å². The van der Waals surface area contributed by atoms with Crippen molar-refractivity contribution in [3.8, 4) is 0 Å². The first-order chi connectivity index (χ1) is 4.31. The highest BCUT2D eigenvalue weighted by Gasteiger charge is 1.95. The van der Waals surface area contributed by atoms with Gasteiger partial charge in [0.05, 0.1) is 0 Å². The maximum Gasteiger partial charge on any atom is 0.0328 e. The van der Waals surface area contributed by atoms with Gasteiger partial charge in [0.2, 0.25) is 0 Å². The Morgan fingerprint density at radius 2 is 2.22 bits per heavy atom. The molecule has 1 radical (unpaired) electrons. The third kappa shape index (κ3) is 5.97. The molecule has 0 aliphatic carbocycles. The van der Waals surface area contributed by atoms with Crippen LogP contribution in [-0.2, 0) is 0 Å². The summed E-state index contributed by atoms with van der Waals surface area (Å²) in [4.78, 5) is 0. The predicted octanol–water partition coefficient (Wildman–Crippen LogP) is 3.32. The summed E-state index contributed by atoms with van der Waals surface area (Å²) in [5.74, 6) is 0. The molecule has 0 fully saturated rings. The van der Waals surface area contributed by atoms with E-state index in [9.17, 15) is 0 Å². The summed E-state index contributed by atoms with van der Waals surface area (Å²) in [5, 5.41) is 0.302. The van der Waals surface area contributed by atoms with Gasteiger partial charge in [-0.2, -0.15) is 0 Å². The molecule has 0 saturated carbocycles. The van der Waals surface area contributed by atoms with Gasteiger partial charge in [0, 0.05) is 5.25 Å². The largest absolute Gasteiger partial charge is 0.102 e. The fourth-order valence-electron chi connectivity index (χ4n) is 0.713. The van der Waals surface area contributed by atoms with Crippen LogP contribution in [0.3, 0.4) is 0 Å². The Morgan fingerprint density at radius 3 is 2.67 bits per heavy atom. The third-order valence-corrected chi connectivity index (χ3v) is 1.78. The van der Waals surface area contributed by atoms with Crippen LogP contribution in [0.1, 0.15) is 32.6 Å². The minimum atomic E-state index is 0.302. The zero-order chi connectivity index (χ0) is 7.11. The Morgan fingerprint density at radius 1 is 1.56 bits per heavy atom. The molecule has 1 atom stereocenters. The molecule has 0 spiro atoms. The molecule has 0 rings (SSSR count). The van der Waals surface area contributed by atoms with Crippen molar-refractivity contribution in [1.82, 2.24) is 0 Å². The first-order valence-corrected chi connectivity index (χ1v) is 4.06. The van der Waals surface area contributed by atoms with Crippen LogP contribution in [0.2, 0.25) is 0 Å². The van der Waals surface area contributed by atoms with Crippen LogP contribution in [0.5, 0.6) is 0 Å². The van der Waals surface area contributed by atoms with E-state index >= 15 is 0 Å². The molecule has 0 N–H and O–H groups in total. The van der Waals surface area contributed by atoms with E-state index in [4.69, 9.17) is 12.6 Å². The molecule has 1 heteroatoms. The van der Waals surface area contributed by atoms with E-state index in [0.29, 0.717) is 5.25 Å². The summed E-state index contributed by atoms with van der Waals surface area (Å²) >= 11 is 5.03. The minimum Gasteiger partial charge on any atom is -0.102 e. The van der Waals surface area contributed by atoms with Crippen LogP contribution in [0.15, 0.2) is 12.7 Å². The maximum atomic E-state index is 5.03. The van der Waals surface area contributed by atoms with Crippen LogP contribution in [0.25, 0.3) is 0 Å². The van der Waals surface area contributed by atoms with Gasteiger partial charge in [0.15, 0.2) is 0 Å². The molecule has 9 heavy (non-hydrogen) atoms. The van der Waals surface area contributed by atoms with Crippen molar-refractivity contribution in [3.63, 3.8) is 0 Å². The van der Waals surface area contributed by atoms with Crippen LogP contribution in [0.4, 0.5) is 0 Å². The zero-order valence-corrected chi connectivity index (χ0v) is 6.91. The molecule has 0 saturated heterocycles. The standard InChI is InChI=1S/C8H15S/c1-3-5-6-7-8(9)4-2/h4,8H,2-3,5-7H2,1H3. The molecule has 0 aromatic carbocycles. The van der Waals surface area contributed by atoms with Gasteiger partial charge in [0.25, 0.3) is 0 Å². The number of hydrogen-bond acceptors (Lipinski definition) is 0. The van der Waals surface area contributed by atoms with Gasteiger partial charge in [-0.25, -0.2) is 0 Å². The van der Waals surface area contributed by atoms with Gasteiger partial charge in [-0.1, -0.05) is 44.9 Å². The second-order valence-electron chi connectivity index (χ2n) is 2.27. The number of rotatable bonds is 5. The molecule has 53 valence electrons. The minimum absolute atomic E-state index is 0.302. The summed E-state index contributed by atoms with van der Waals surface area (Å²) < 4.78 is 0. The fourth-order valence-corrected chi connectivity index (χ4v) is 0.880. The lowest BCUT2D eigenvalue weighted by Gasteiger charge is -2.00. The average molecular weight is 143 g/mol. The van der Waals surface area contributed by atoms with E-state index in [0.717, 1.165) is 6.42 Å². The first-order valence-electron chi connectivity index (χ1n) is 3.59. The molecular formula is C8H15S. The van der Waals surface area contributed by atoms with E-state index in [1.807, 2.05) is 6.08 Å². The van der Waals surface area contributed by atoms with Gasteiger partial charge >= 0.3 is 0 Å². The second-order valence-corrected chi connectivity index (χ2v) is 2.88. The quantitative estimate of drug-likeness (QED) is 0.409. The van der Waals surface area contributed by atoms with Gasteiger partial charge in [-0.15, -0.1) is 6.58 Å². The lowest BCUT2D eigenvalue weighted by molar-refractivity contribution is 0.682. The van der Waals surface area contributed by atoms with Crippen molar-refractivity contribution in [1.29, 1.82) is 0 Å². The SMILES string of the molecule is C=CC([S])CCCCC. The van der Waals surface area contributed by atoms with Crippen molar-refractivity contribution in [3.05, 3.63) is 12.7 Å². The van der Waals surface area contributed by atoms with Gasteiger partial charge in [-0.3, -0.25) is 0 Å². The van der Waals surface area contributed by atoms with E-state index < -0.39 is 0 Å². The summed E-state index contributed by atoms with van der Waals surface area (Å²) in [7, 11) is 0. The van der Waals surface area contributed by atoms with Crippen LogP contribution in [0, 0.1) is 0 Å². The Hall–Kier alpha value is 0.0900. The van der Waals surface area contributed by atoms with E-state index in [2.05, 4.69) is 13.5 Å². The van der Waals surface area contributed by atoms with Crippen LogP contribution >= 0.6 is 12.6 Å². The van der Waals surface area contributed by atoms with Crippen molar-refractivity contribution >= 4 is 12.6 Å². The lowest BCUT2D eigenvalue weighted by atomic mass is 10.1. The van der Waals surface area contributed by atoms with Gasteiger partial charge in [-0.05, 0) is 6.42 Å². The van der Waals surface area contributed by atoms with Crippen LogP contribution in [-0.4, -0.2) is 5.25 Å². The van der Waals surface area contributed by atoms with Gasteiger partial charge in [0.1, 0.15) is 0 Å². The number of hydrogen-bond donors (Lipinski definition) is 0. The van der Waals surface area contributed by atoms with E-state index in [1.165, 1.54) is 19.3 Å². The molecule has 0 heterocycles. The third-order valence-electron chi connectivity index (χ3n) is 1.36. The molecule has 0 amide bonds. The lowest BCUT2D eigenvalue weighted by Crippen LogP contribution is -1.91. The fraction of sp³-hybridized carbons (Fsp3) is 0.750. The van der Waals surface area contributed by atoms with Crippen molar-refractivity contribution in [2.45, 2.75) is 37.9 Å². The summed E-state index contributed by atoms with van der Waals surface area (Å²) in [5.41, 5.74) is 0. The first kappa shape index (κ1) is 9.09. The Labute approximate surface area is 63.8 Å². The highest BCUT2D eigenvalue weighted by Crippen LogP contribution is 2.08. The van der Waals surface area contributed by atoms with Crippen LogP contribution < -0.4 is 0 Å². The smallest absolute Gasteiger partial charge is 0.0328 e. The van der Waals surface area contributed by atoms with Crippen molar-refractivity contribution in [2.24, 2.45) is 0 Å². The topological polar surface area (TPSA) is 0 Å². The molecule has 0 aliphatic heterocycles. The highest BCUT2D eigenvalue weighted by molar-refractivity contribution is 7.81. The number of unbranched alkanes of at least 4 members (excludes halogenated alkanes) is 2. The molecule has 1 unspecified atom stereocenters. The second kappa shape index (κ2) is 6.21.